The molecule has 0 radical (unpaired) electrons. The van der Waals surface area contributed by atoms with E-state index in [9.17, 15) is 9.90 Å². The second-order valence-corrected chi connectivity index (χ2v) is 5.65. The first-order valence-corrected chi connectivity index (χ1v) is 6.69. The van der Waals surface area contributed by atoms with Crippen molar-refractivity contribution in [1.29, 1.82) is 0 Å². The summed E-state index contributed by atoms with van der Waals surface area (Å²) in [6.45, 7) is 6.54. The van der Waals surface area contributed by atoms with E-state index in [0.29, 0.717) is 18.7 Å². The molecule has 1 aliphatic heterocycles. The van der Waals surface area contributed by atoms with E-state index in [1.54, 1.807) is 6.07 Å². The fourth-order valence-electron chi connectivity index (χ4n) is 2.73. The Morgan fingerprint density at radius 2 is 2.11 bits per heavy atom. The largest absolute Gasteiger partial charge is 0.508 e. The molecule has 1 saturated heterocycles. The van der Waals surface area contributed by atoms with Crippen molar-refractivity contribution in [2.45, 2.75) is 39.2 Å². The summed E-state index contributed by atoms with van der Waals surface area (Å²) in [4.78, 5) is 11.0. The molecule has 2 atom stereocenters. The summed E-state index contributed by atoms with van der Waals surface area (Å²) in [5.41, 5.74) is 3.02. The highest BCUT2D eigenvalue weighted by Crippen LogP contribution is 2.35. The standard InChI is InChI=1S/C15H21NO3/c1-8(2)11-6-12(9(3)4-14(11)17)13-5-10(7-16-13)15(18)19/h4,6,8,10,13,16-17H,5,7H2,1-3H3,(H,18,19). The lowest BCUT2D eigenvalue weighted by Crippen LogP contribution is -2.17. The fourth-order valence-corrected chi connectivity index (χ4v) is 2.73. The smallest absolute Gasteiger partial charge is 0.307 e. The summed E-state index contributed by atoms with van der Waals surface area (Å²) in [6.07, 6.45) is 0.610. The highest BCUT2D eigenvalue weighted by atomic mass is 16.4. The van der Waals surface area contributed by atoms with Gasteiger partial charge in [0, 0.05) is 12.6 Å². The molecule has 4 nitrogen and oxygen atoms in total. The van der Waals surface area contributed by atoms with Gasteiger partial charge < -0.3 is 15.5 Å². The number of aromatic hydroxyl groups is 1. The Balaban J connectivity index is 2.30. The minimum Gasteiger partial charge on any atom is -0.508 e. The highest BCUT2D eigenvalue weighted by Gasteiger charge is 2.31. The maximum Gasteiger partial charge on any atom is 0.307 e. The van der Waals surface area contributed by atoms with Crippen LogP contribution >= 0.6 is 0 Å². The van der Waals surface area contributed by atoms with E-state index in [-0.39, 0.29) is 17.9 Å². The van der Waals surface area contributed by atoms with Crippen LogP contribution in [0, 0.1) is 12.8 Å². The zero-order chi connectivity index (χ0) is 14.2. The predicted octanol–water partition coefficient (Wildman–Crippen LogP) is 2.56. The average molecular weight is 263 g/mol. The summed E-state index contributed by atoms with van der Waals surface area (Å²) < 4.78 is 0. The monoisotopic (exact) mass is 263 g/mol. The molecule has 1 heterocycles. The van der Waals surface area contributed by atoms with E-state index in [0.717, 1.165) is 16.7 Å². The lowest BCUT2D eigenvalue weighted by molar-refractivity contribution is -0.141. The number of phenolic OH excluding ortho intramolecular Hbond substituents is 1. The van der Waals surface area contributed by atoms with E-state index in [1.807, 2.05) is 26.8 Å². The van der Waals surface area contributed by atoms with Crippen molar-refractivity contribution in [2.75, 3.05) is 6.54 Å². The summed E-state index contributed by atoms with van der Waals surface area (Å²) in [5, 5.41) is 22.3. The number of carbonyl (C=O) groups is 1. The number of phenols is 1. The Hall–Kier alpha value is -1.55. The molecule has 2 rings (SSSR count). The molecule has 3 N–H and O–H groups in total. The number of hydrogen-bond acceptors (Lipinski definition) is 3. The molecule has 0 aliphatic carbocycles. The van der Waals surface area contributed by atoms with E-state index in [2.05, 4.69) is 5.32 Å². The number of rotatable bonds is 3. The van der Waals surface area contributed by atoms with Crippen LogP contribution in [0.3, 0.4) is 0 Å². The van der Waals surface area contributed by atoms with Gasteiger partial charge in [0.1, 0.15) is 5.75 Å². The Kier molecular flexibility index (Phi) is 3.80. The van der Waals surface area contributed by atoms with Gasteiger partial charge in [0.2, 0.25) is 0 Å². The molecule has 19 heavy (non-hydrogen) atoms. The molecule has 0 spiro atoms. The van der Waals surface area contributed by atoms with Crippen LogP contribution in [0.25, 0.3) is 0 Å². The van der Waals surface area contributed by atoms with Gasteiger partial charge in [-0.2, -0.15) is 0 Å². The van der Waals surface area contributed by atoms with Gasteiger partial charge in [0.15, 0.2) is 0 Å². The summed E-state index contributed by atoms with van der Waals surface area (Å²) >= 11 is 0. The van der Waals surface area contributed by atoms with Crippen LogP contribution in [0.1, 0.15) is 48.9 Å². The topological polar surface area (TPSA) is 69.6 Å². The minimum atomic E-state index is -0.740. The average Bonchev–Trinajstić information content (AvgIpc) is 2.77. The highest BCUT2D eigenvalue weighted by molar-refractivity contribution is 5.71. The number of aryl methyl sites for hydroxylation is 1. The lowest BCUT2D eigenvalue weighted by atomic mass is 9.91. The Labute approximate surface area is 113 Å². The summed E-state index contributed by atoms with van der Waals surface area (Å²) in [5.74, 6) is -0.490. The molecule has 0 saturated carbocycles. The first kappa shape index (κ1) is 13.9. The van der Waals surface area contributed by atoms with E-state index < -0.39 is 5.97 Å². The molecule has 104 valence electrons. The molecular weight excluding hydrogens is 242 g/mol. The Morgan fingerprint density at radius 3 is 2.63 bits per heavy atom. The molecule has 1 fully saturated rings. The first-order valence-electron chi connectivity index (χ1n) is 6.69. The molecule has 4 heteroatoms. The molecule has 0 aromatic heterocycles. The van der Waals surface area contributed by atoms with Crippen LogP contribution in [0.15, 0.2) is 12.1 Å². The van der Waals surface area contributed by atoms with Crippen molar-refractivity contribution in [3.8, 4) is 5.75 Å². The van der Waals surface area contributed by atoms with Gasteiger partial charge >= 0.3 is 5.97 Å². The van der Waals surface area contributed by atoms with Crippen molar-refractivity contribution < 1.29 is 15.0 Å². The number of carboxylic acids is 1. The molecule has 1 aromatic rings. The third kappa shape index (κ3) is 2.73. The number of carboxylic acid groups (broad SMARTS) is 1. The quantitative estimate of drug-likeness (QED) is 0.784. The fraction of sp³-hybridized carbons (Fsp3) is 0.533. The van der Waals surface area contributed by atoms with Crippen LogP contribution in [0.4, 0.5) is 0 Å². The van der Waals surface area contributed by atoms with Gasteiger partial charge in [-0.05, 0) is 42.0 Å². The van der Waals surface area contributed by atoms with Gasteiger partial charge in [-0.1, -0.05) is 19.9 Å². The summed E-state index contributed by atoms with van der Waals surface area (Å²) in [6, 6.07) is 3.86. The second-order valence-electron chi connectivity index (χ2n) is 5.65. The number of aliphatic carboxylic acids is 1. The van der Waals surface area contributed by atoms with Crippen LogP contribution in [-0.2, 0) is 4.79 Å². The maximum atomic E-state index is 11.0. The normalized spacial score (nSPS) is 22.9. The zero-order valence-corrected chi connectivity index (χ0v) is 11.6. The van der Waals surface area contributed by atoms with E-state index >= 15 is 0 Å². The predicted molar refractivity (Wildman–Crippen MR) is 73.4 cm³/mol. The van der Waals surface area contributed by atoms with Gasteiger partial charge in [-0.15, -0.1) is 0 Å². The van der Waals surface area contributed by atoms with Crippen LogP contribution in [0.5, 0.6) is 5.75 Å². The van der Waals surface area contributed by atoms with E-state index in [1.165, 1.54) is 0 Å². The van der Waals surface area contributed by atoms with Crippen LogP contribution in [-0.4, -0.2) is 22.7 Å². The zero-order valence-electron chi connectivity index (χ0n) is 11.6. The van der Waals surface area contributed by atoms with Crippen LogP contribution < -0.4 is 5.32 Å². The van der Waals surface area contributed by atoms with Crippen molar-refractivity contribution >= 4 is 5.97 Å². The molecule has 0 amide bonds. The minimum absolute atomic E-state index is 0.0687. The lowest BCUT2D eigenvalue weighted by Gasteiger charge is -2.18. The maximum absolute atomic E-state index is 11.0. The summed E-state index contributed by atoms with van der Waals surface area (Å²) in [7, 11) is 0. The van der Waals surface area contributed by atoms with Crippen LogP contribution in [0.2, 0.25) is 0 Å². The Morgan fingerprint density at radius 1 is 1.42 bits per heavy atom. The molecular formula is C15H21NO3. The van der Waals surface area contributed by atoms with Gasteiger partial charge in [0.05, 0.1) is 5.92 Å². The molecule has 2 unspecified atom stereocenters. The van der Waals surface area contributed by atoms with Gasteiger partial charge in [-0.3, -0.25) is 4.79 Å². The van der Waals surface area contributed by atoms with Crippen molar-refractivity contribution in [3.05, 3.63) is 28.8 Å². The number of hydrogen-bond donors (Lipinski definition) is 3. The van der Waals surface area contributed by atoms with Crippen molar-refractivity contribution in [3.63, 3.8) is 0 Å². The number of benzene rings is 1. The first-order chi connectivity index (χ1) is 8.90. The number of nitrogens with one attached hydrogen (secondary N) is 1. The van der Waals surface area contributed by atoms with Gasteiger partial charge in [0.25, 0.3) is 0 Å². The third-order valence-corrected chi connectivity index (χ3v) is 3.89. The van der Waals surface area contributed by atoms with Crippen molar-refractivity contribution in [2.24, 2.45) is 5.92 Å². The molecule has 0 bridgehead atoms. The molecule has 1 aliphatic rings. The SMILES string of the molecule is Cc1cc(O)c(C(C)C)cc1C1CC(C(=O)O)CN1. The third-order valence-electron chi connectivity index (χ3n) is 3.89. The van der Waals surface area contributed by atoms with Crippen molar-refractivity contribution in [1.82, 2.24) is 5.32 Å². The second kappa shape index (κ2) is 5.21. The Bertz CT molecular complexity index is 496. The van der Waals surface area contributed by atoms with Gasteiger partial charge in [-0.25, -0.2) is 0 Å². The molecule has 1 aromatic carbocycles. The van der Waals surface area contributed by atoms with E-state index in [4.69, 9.17) is 5.11 Å².